The van der Waals surface area contributed by atoms with Crippen molar-refractivity contribution in [2.45, 2.75) is 56.9 Å². The van der Waals surface area contributed by atoms with Crippen molar-refractivity contribution in [2.24, 2.45) is 11.5 Å². The van der Waals surface area contributed by atoms with Gasteiger partial charge in [0.1, 0.15) is 0 Å². The van der Waals surface area contributed by atoms with E-state index in [0.29, 0.717) is 11.3 Å². The molecule has 2 amide bonds. The van der Waals surface area contributed by atoms with E-state index in [4.69, 9.17) is 11.5 Å². The van der Waals surface area contributed by atoms with E-state index in [0.717, 1.165) is 63.7 Å². The first-order valence-corrected chi connectivity index (χ1v) is 9.29. The zero-order valence-corrected chi connectivity index (χ0v) is 15.9. The molecule has 26 heavy (non-hydrogen) atoms. The lowest BCUT2D eigenvalue weighted by atomic mass is 9.82. The second-order valence-corrected chi connectivity index (χ2v) is 7.31. The molecule has 1 aliphatic carbocycles. The van der Waals surface area contributed by atoms with Crippen LogP contribution in [0, 0.1) is 0 Å². The highest BCUT2D eigenvalue weighted by Gasteiger charge is 2.35. The molecule has 6 nitrogen and oxygen atoms in total. The minimum absolute atomic E-state index is 0. The van der Waals surface area contributed by atoms with Crippen molar-refractivity contribution in [3.8, 4) is 0 Å². The predicted octanol–water partition coefficient (Wildman–Crippen LogP) is 2.80. The van der Waals surface area contributed by atoms with Crippen molar-refractivity contribution in [1.29, 1.82) is 0 Å². The lowest BCUT2D eigenvalue weighted by molar-refractivity contribution is -0.122. The van der Waals surface area contributed by atoms with Crippen LogP contribution in [0.3, 0.4) is 0 Å². The van der Waals surface area contributed by atoms with Gasteiger partial charge in [-0.25, -0.2) is 0 Å². The molecule has 0 atom stereocenters. The van der Waals surface area contributed by atoms with Crippen LogP contribution in [0.25, 0.3) is 0 Å². The number of anilines is 2. The smallest absolute Gasteiger partial charge is 0.250 e. The second-order valence-electron chi connectivity index (χ2n) is 7.31. The van der Waals surface area contributed by atoms with Gasteiger partial charge in [-0.1, -0.05) is 19.3 Å². The molecule has 1 aromatic carbocycles. The molecule has 5 N–H and O–H groups in total. The zero-order valence-electron chi connectivity index (χ0n) is 15.1. The highest BCUT2D eigenvalue weighted by Crippen LogP contribution is 2.30. The summed E-state index contributed by atoms with van der Waals surface area (Å²) in [4.78, 5) is 26.6. The van der Waals surface area contributed by atoms with Crippen LogP contribution in [0.2, 0.25) is 0 Å². The molecule has 1 heterocycles. The largest absolute Gasteiger partial charge is 0.371 e. The summed E-state index contributed by atoms with van der Waals surface area (Å²) in [5, 5.41) is 2.96. The second kappa shape index (κ2) is 8.73. The van der Waals surface area contributed by atoms with Crippen LogP contribution in [0.15, 0.2) is 18.2 Å². The fraction of sp³-hybridized carbons (Fsp3) is 0.579. The van der Waals surface area contributed by atoms with E-state index in [1.807, 2.05) is 6.07 Å². The number of piperidine rings is 1. The fourth-order valence-corrected chi connectivity index (χ4v) is 3.88. The van der Waals surface area contributed by atoms with Crippen molar-refractivity contribution >= 4 is 35.6 Å². The van der Waals surface area contributed by atoms with Crippen molar-refractivity contribution < 1.29 is 9.59 Å². The highest BCUT2D eigenvalue weighted by molar-refractivity contribution is 6.02. The highest BCUT2D eigenvalue weighted by atomic mass is 35.5. The van der Waals surface area contributed by atoms with E-state index in [-0.39, 0.29) is 18.3 Å². The lowest BCUT2D eigenvalue weighted by Crippen LogP contribution is -2.52. The molecule has 1 saturated heterocycles. The van der Waals surface area contributed by atoms with E-state index in [9.17, 15) is 9.59 Å². The van der Waals surface area contributed by atoms with Crippen LogP contribution in [0.1, 0.15) is 61.7 Å². The number of benzene rings is 1. The normalized spacial score (nSPS) is 19.3. The predicted molar refractivity (Wildman–Crippen MR) is 107 cm³/mol. The number of primary amides is 1. The van der Waals surface area contributed by atoms with E-state index in [1.54, 1.807) is 12.1 Å². The third kappa shape index (κ3) is 4.48. The number of rotatable bonds is 4. The van der Waals surface area contributed by atoms with Crippen molar-refractivity contribution in [3.63, 3.8) is 0 Å². The summed E-state index contributed by atoms with van der Waals surface area (Å²) >= 11 is 0. The number of nitrogens with zero attached hydrogens (tertiary/aromatic N) is 1. The zero-order chi connectivity index (χ0) is 17.9. The molecule has 1 aliphatic heterocycles. The van der Waals surface area contributed by atoms with Gasteiger partial charge in [-0.3, -0.25) is 9.59 Å². The molecule has 7 heteroatoms. The maximum Gasteiger partial charge on any atom is 0.250 e. The summed E-state index contributed by atoms with van der Waals surface area (Å²) in [6.45, 7) is 1.80. The molecule has 2 aliphatic rings. The van der Waals surface area contributed by atoms with Crippen molar-refractivity contribution in [3.05, 3.63) is 23.8 Å². The van der Waals surface area contributed by atoms with Crippen LogP contribution in [-0.4, -0.2) is 30.4 Å². The molecule has 0 radical (unpaired) electrons. The summed E-state index contributed by atoms with van der Waals surface area (Å²) in [7, 11) is 0. The molecule has 2 fully saturated rings. The molecule has 1 aromatic rings. The number of hydrogen-bond acceptors (Lipinski definition) is 4. The third-order valence-electron chi connectivity index (χ3n) is 5.42. The van der Waals surface area contributed by atoms with Crippen LogP contribution >= 0.6 is 12.4 Å². The van der Waals surface area contributed by atoms with Gasteiger partial charge in [0.15, 0.2) is 0 Å². The van der Waals surface area contributed by atoms with Gasteiger partial charge in [-0.05, 0) is 50.3 Å². The number of amides is 2. The Hall–Kier alpha value is -1.79. The van der Waals surface area contributed by atoms with E-state index >= 15 is 0 Å². The van der Waals surface area contributed by atoms with Crippen molar-refractivity contribution in [1.82, 2.24) is 0 Å². The molecule has 1 saturated carbocycles. The fourth-order valence-electron chi connectivity index (χ4n) is 3.88. The number of nitrogens with two attached hydrogens (primary N) is 2. The summed E-state index contributed by atoms with van der Waals surface area (Å²) in [6, 6.07) is 5.29. The molecular weight excluding hydrogens is 352 g/mol. The van der Waals surface area contributed by atoms with Gasteiger partial charge in [0.2, 0.25) is 5.91 Å². The summed E-state index contributed by atoms with van der Waals surface area (Å²) in [5.41, 5.74) is 13.0. The van der Waals surface area contributed by atoms with E-state index in [1.165, 1.54) is 6.42 Å². The standard InChI is InChI=1S/C19H28N4O2.ClH/c20-17(24)15-8-7-14(13-16(15)23-11-5-2-6-12-23)22-18(25)19(21)9-3-1-4-10-19;/h7-8,13H,1-6,9-12,21H2,(H2,20,24)(H,22,25);1H. The number of carbonyl (C=O) groups is 2. The quantitative estimate of drug-likeness (QED) is 0.747. The SMILES string of the molecule is Cl.NC(=O)c1ccc(NC(=O)C2(N)CCCCC2)cc1N1CCCCC1. The first-order valence-electron chi connectivity index (χ1n) is 9.29. The van der Waals surface area contributed by atoms with Gasteiger partial charge in [0.25, 0.3) is 5.91 Å². The molecule has 144 valence electrons. The molecule has 0 spiro atoms. The Bertz CT molecular complexity index is 653. The molecule has 0 aromatic heterocycles. The Balaban J connectivity index is 0.00000243. The Morgan fingerprint density at radius 2 is 1.62 bits per heavy atom. The van der Waals surface area contributed by atoms with E-state index < -0.39 is 11.4 Å². The average Bonchev–Trinajstić information content (AvgIpc) is 2.63. The van der Waals surface area contributed by atoms with Crippen LogP contribution in [-0.2, 0) is 4.79 Å². The van der Waals surface area contributed by atoms with Gasteiger partial charge < -0.3 is 21.7 Å². The topological polar surface area (TPSA) is 101 Å². The van der Waals surface area contributed by atoms with E-state index in [2.05, 4.69) is 10.2 Å². The molecule has 0 unspecified atom stereocenters. The van der Waals surface area contributed by atoms with Gasteiger partial charge in [0, 0.05) is 18.8 Å². The first kappa shape index (κ1) is 20.5. The Kier molecular flexibility index (Phi) is 6.89. The van der Waals surface area contributed by atoms with Gasteiger partial charge in [-0.2, -0.15) is 0 Å². The van der Waals surface area contributed by atoms with Crippen molar-refractivity contribution in [2.75, 3.05) is 23.3 Å². The minimum Gasteiger partial charge on any atom is -0.371 e. The minimum atomic E-state index is -0.786. The number of carbonyl (C=O) groups excluding carboxylic acids is 2. The maximum atomic E-state index is 12.7. The number of halogens is 1. The Morgan fingerprint density at radius 3 is 2.23 bits per heavy atom. The summed E-state index contributed by atoms with van der Waals surface area (Å²) in [6.07, 6.45) is 7.95. The van der Waals surface area contributed by atoms with Gasteiger partial charge >= 0.3 is 0 Å². The third-order valence-corrected chi connectivity index (χ3v) is 5.42. The Labute approximate surface area is 161 Å². The Morgan fingerprint density at radius 1 is 1.00 bits per heavy atom. The number of nitrogens with one attached hydrogen (secondary N) is 1. The van der Waals surface area contributed by atoms with Crippen LogP contribution in [0.4, 0.5) is 11.4 Å². The lowest BCUT2D eigenvalue weighted by Gasteiger charge is -2.32. The average molecular weight is 381 g/mol. The first-order chi connectivity index (χ1) is 12.0. The summed E-state index contributed by atoms with van der Waals surface area (Å²) in [5.74, 6) is -0.579. The monoisotopic (exact) mass is 380 g/mol. The maximum absolute atomic E-state index is 12.7. The van der Waals surface area contributed by atoms with Crippen LogP contribution in [0.5, 0.6) is 0 Å². The summed E-state index contributed by atoms with van der Waals surface area (Å²) < 4.78 is 0. The van der Waals surface area contributed by atoms with Crippen LogP contribution < -0.4 is 21.7 Å². The molecular formula is C19H29ClN4O2. The van der Waals surface area contributed by atoms with Gasteiger partial charge in [-0.15, -0.1) is 12.4 Å². The number of hydrogen-bond donors (Lipinski definition) is 3. The van der Waals surface area contributed by atoms with Gasteiger partial charge in [0.05, 0.1) is 16.8 Å². The molecule has 0 bridgehead atoms. The molecule has 3 rings (SSSR count).